The molecule has 0 fully saturated rings. The third-order valence-electron chi connectivity index (χ3n) is 2.30. The molecule has 7 nitrogen and oxygen atoms in total. The quantitative estimate of drug-likeness (QED) is 0.439. The van der Waals surface area contributed by atoms with Crippen LogP contribution in [0.4, 0.5) is 5.69 Å². The lowest BCUT2D eigenvalue weighted by atomic mass is 10.1. The highest BCUT2D eigenvalue weighted by Gasteiger charge is 2.16. The number of methoxy groups -OCH3 is 1. The molecule has 7 heteroatoms. The molecule has 0 atom stereocenters. The Hall–Kier alpha value is -2.15. The lowest BCUT2D eigenvalue weighted by molar-refractivity contribution is -0.384. The van der Waals surface area contributed by atoms with Crippen LogP contribution in [0.2, 0.25) is 0 Å². The lowest BCUT2D eigenvalue weighted by Gasteiger charge is -2.08. The number of nitro benzene ring substituents is 1. The van der Waals surface area contributed by atoms with E-state index in [1.807, 2.05) is 0 Å². The molecule has 0 aliphatic heterocycles. The molecule has 0 unspecified atom stereocenters. The van der Waals surface area contributed by atoms with E-state index in [0.717, 1.165) is 0 Å². The maximum absolute atomic E-state index is 11.8. The maximum Gasteiger partial charge on any atom is 0.270 e. The highest BCUT2D eigenvalue weighted by Crippen LogP contribution is 2.23. The Kier molecular flexibility index (Phi) is 5.06. The Morgan fingerprint density at radius 2 is 2.17 bits per heavy atom. The SMILES string of the molecule is CNCCNC(=O)c1cc([N+](=O)[O-])ccc1OC. The Morgan fingerprint density at radius 3 is 2.72 bits per heavy atom. The second-order valence-corrected chi connectivity index (χ2v) is 3.50. The van der Waals surface area contributed by atoms with Gasteiger partial charge in [-0.3, -0.25) is 14.9 Å². The predicted molar refractivity (Wildman–Crippen MR) is 65.9 cm³/mol. The lowest BCUT2D eigenvalue weighted by Crippen LogP contribution is -2.30. The first kappa shape index (κ1) is 13.9. The smallest absolute Gasteiger partial charge is 0.270 e. The van der Waals surface area contributed by atoms with E-state index in [1.54, 1.807) is 7.05 Å². The topological polar surface area (TPSA) is 93.5 Å². The van der Waals surface area contributed by atoms with Gasteiger partial charge in [-0.2, -0.15) is 0 Å². The molecule has 0 aliphatic carbocycles. The average Bonchev–Trinajstić information content (AvgIpc) is 2.38. The van der Waals surface area contributed by atoms with E-state index in [2.05, 4.69) is 10.6 Å². The first-order valence-electron chi connectivity index (χ1n) is 5.35. The number of non-ortho nitro benzene ring substituents is 1. The van der Waals surface area contributed by atoms with E-state index in [4.69, 9.17) is 4.74 Å². The first-order chi connectivity index (χ1) is 8.60. The molecule has 0 saturated carbocycles. The van der Waals surface area contributed by atoms with Crippen molar-refractivity contribution in [3.63, 3.8) is 0 Å². The number of benzene rings is 1. The molecule has 1 aromatic carbocycles. The number of nitro groups is 1. The summed E-state index contributed by atoms with van der Waals surface area (Å²) in [5.74, 6) is -0.0895. The molecule has 1 rings (SSSR count). The third-order valence-corrected chi connectivity index (χ3v) is 2.30. The standard InChI is InChI=1S/C11H15N3O4/c1-12-5-6-13-11(15)9-7-8(14(16)17)3-4-10(9)18-2/h3-4,7,12H,5-6H2,1-2H3,(H,13,15). The molecule has 0 bridgehead atoms. The van der Waals surface area contributed by atoms with Crippen LogP contribution in [0, 0.1) is 10.1 Å². The van der Waals surface area contributed by atoms with Gasteiger partial charge in [0.2, 0.25) is 0 Å². The number of carbonyl (C=O) groups is 1. The van der Waals surface area contributed by atoms with Crippen LogP contribution >= 0.6 is 0 Å². The highest BCUT2D eigenvalue weighted by molar-refractivity contribution is 5.97. The fourth-order valence-electron chi connectivity index (χ4n) is 1.38. The van der Waals surface area contributed by atoms with E-state index < -0.39 is 10.8 Å². The average molecular weight is 253 g/mol. The zero-order valence-electron chi connectivity index (χ0n) is 10.2. The molecule has 98 valence electrons. The fraction of sp³-hybridized carbons (Fsp3) is 0.364. The molecule has 0 saturated heterocycles. The normalized spacial score (nSPS) is 9.89. The molecule has 0 radical (unpaired) electrons. The van der Waals surface area contributed by atoms with Gasteiger partial charge in [-0.1, -0.05) is 0 Å². The van der Waals surface area contributed by atoms with Gasteiger partial charge >= 0.3 is 0 Å². The summed E-state index contributed by atoms with van der Waals surface area (Å²) >= 11 is 0. The molecule has 0 heterocycles. The summed E-state index contributed by atoms with van der Waals surface area (Å²) in [5.41, 5.74) is 0.0115. The van der Waals surface area contributed by atoms with E-state index in [1.165, 1.54) is 25.3 Å². The van der Waals surface area contributed by atoms with Crippen molar-refractivity contribution in [2.45, 2.75) is 0 Å². The van der Waals surface area contributed by atoms with Crippen LogP contribution in [-0.4, -0.2) is 38.1 Å². The number of hydrogen-bond acceptors (Lipinski definition) is 5. The van der Waals surface area contributed by atoms with Gasteiger partial charge in [0.15, 0.2) is 0 Å². The highest BCUT2D eigenvalue weighted by atomic mass is 16.6. The van der Waals surface area contributed by atoms with Gasteiger partial charge in [-0.15, -0.1) is 0 Å². The molecule has 0 aliphatic rings. The second-order valence-electron chi connectivity index (χ2n) is 3.50. The van der Waals surface area contributed by atoms with Crippen LogP contribution in [0.5, 0.6) is 5.75 Å². The van der Waals surface area contributed by atoms with Crippen molar-refractivity contribution in [1.29, 1.82) is 0 Å². The van der Waals surface area contributed by atoms with Crippen molar-refractivity contribution in [2.75, 3.05) is 27.2 Å². The summed E-state index contributed by atoms with van der Waals surface area (Å²) in [7, 11) is 3.17. The third kappa shape index (κ3) is 3.42. The molecule has 0 aromatic heterocycles. The summed E-state index contributed by atoms with van der Waals surface area (Å²) in [5, 5.41) is 16.2. The molecule has 2 N–H and O–H groups in total. The Morgan fingerprint density at radius 1 is 1.44 bits per heavy atom. The van der Waals surface area contributed by atoms with Crippen LogP contribution in [0.15, 0.2) is 18.2 Å². The van der Waals surface area contributed by atoms with Crippen molar-refractivity contribution < 1.29 is 14.5 Å². The van der Waals surface area contributed by atoms with Crippen molar-refractivity contribution >= 4 is 11.6 Å². The van der Waals surface area contributed by atoms with Gasteiger partial charge in [0, 0.05) is 25.2 Å². The van der Waals surface area contributed by atoms with Gasteiger partial charge in [0.25, 0.3) is 11.6 Å². The Balaban J connectivity index is 2.93. The minimum Gasteiger partial charge on any atom is -0.496 e. The predicted octanol–water partition coefficient (Wildman–Crippen LogP) is 0.553. The van der Waals surface area contributed by atoms with E-state index in [-0.39, 0.29) is 11.3 Å². The maximum atomic E-state index is 11.8. The first-order valence-corrected chi connectivity index (χ1v) is 5.35. The summed E-state index contributed by atoms with van der Waals surface area (Å²) in [4.78, 5) is 21.9. The van der Waals surface area contributed by atoms with Gasteiger partial charge in [0.1, 0.15) is 5.75 Å². The number of hydrogen-bond donors (Lipinski definition) is 2. The monoisotopic (exact) mass is 253 g/mol. The molecule has 1 amide bonds. The van der Waals surface area contributed by atoms with Crippen molar-refractivity contribution in [2.24, 2.45) is 0 Å². The number of ether oxygens (including phenoxy) is 1. The van der Waals surface area contributed by atoms with Crippen molar-refractivity contribution in [3.05, 3.63) is 33.9 Å². The molecule has 0 spiro atoms. The Labute approximate surface area is 104 Å². The summed E-state index contributed by atoms with van der Waals surface area (Å²) in [6.07, 6.45) is 0. The summed E-state index contributed by atoms with van der Waals surface area (Å²) < 4.78 is 5.01. The molecular formula is C11H15N3O4. The summed E-state index contributed by atoms with van der Waals surface area (Å²) in [6.45, 7) is 1.05. The second kappa shape index (κ2) is 6.55. The zero-order chi connectivity index (χ0) is 13.5. The molecular weight excluding hydrogens is 238 g/mol. The van der Waals surface area contributed by atoms with Crippen LogP contribution < -0.4 is 15.4 Å². The van der Waals surface area contributed by atoms with Crippen LogP contribution in [0.25, 0.3) is 0 Å². The number of carbonyl (C=O) groups excluding carboxylic acids is 1. The largest absolute Gasteiger partial charge is 0.496 e. The van der Waals surface area contributed by atoms with Crippen LogP contribution in [0.3, 0.4) is 0 Å². The van der Waals surface area contributed by atoms with Crippen LogP contribution in [-0.2, 0) is 0 Å². The van der Waals surface area contributed by atoms with Gasteiger partial charge in [-0.25, -0.2) is 0 Å². The number of amides is 1. The van der Waals surface area contributed by atoms with Gasteiger partial charge in [-0.05, 0) is 13.1 Å². The number of nitrogens with zero attached hydrogens (tertiary/aromatic N) is 1. The van der Waals surface area contributed by atoms with Crippen molar-refractivity contribution in [1.82, 2.24) is 10.6 Å². The fourth-order valence-corrected chi connectivity index (χ4v) is 1.38. The van der Waals surface area contributed by atoms with Gasteiger partial charge in [0.05, 0.1) is 17.6 Å². The molecule has 1 aromatic rings. The Bertz CT molecular complexity index is 448. The summed E-state index contributed by atoms with van der Waals surface area (Å²) in [6, 6.07) is 3.90. The van der Waals surface area contributed by atoms with E-state index in [0.29, 0.717) is 18.8 Å². The number of likely N-dealkylation sites (N-methyl/N-ethyl adjacent to an activating group) is 1. The number of nitrogens with one attached hydrogen (secondary N) is 2. The zero-order valence-corrected chi connectivity index (χ0v) is 10.2. The minimum absolute atomic E-state index is 0.144. The van der Waals surface area contributed by atoms with E-state index >= 15 is 0 Å². The minimum atomic E-state index is -0.552. The van der Waals surface area contributed by atoms with Gasteiger partial charge < -0.3 is 15.4 Å². The molecule has 18 heavy (non-hydrogen) atoms. The van der Waals surface area contributed by atoms with E-state index in [9.17, 15) is 14.9 Å². The number of rotatable bonds is 6. The van der Waals surface area contributed by atoms with Crippen molar-refractivity contribution in [3.8, 4) is 5.75 Å². The van der Waals surface area contributed by atoms with Crippen LogP contribution in [0.1, 0.15) is 10.4 Å².